The lowest BCUT2D eigenvalue weighted by Gasteiger charge is -2.21. The van der Waals surface area contributed by atoms with Crippen LogP contribution in [0.15, 0.2) is 30.3 Å². The molecule has 0 aromatic heterocycles. The minimum absolute atomic E-state index is 0.325. The van der Waals surface area contributed by atoms with E-state index in [2.05, 4.69) is 0 Å². The lowest BCUT2D eigenvalue weighted by atomic mass is 10.2. The summed E-state index contributed by atoms with van der Waals surface area (Å²) in [4.78, 5) is 22.9. The van der Waals surface area contributed by atoms with Gasteiger partial charge in [0.05, 0.1) is 6.42 Å². The van der Waals surface area contributed by atoms with Crippen LogP contribution in [0.25, 0.3) is 0 Å². The summed E-state index contributed by atoms with van der Waals surface area (Å²) in [6.45, 7) is 0. The maximum absolute atomic E-state index is 12.3. The number of halogens is 3. The number of para-hydroxylation sites is 1. The molecule has 1 aromatic rings. The van der Waals surface area contributed by atoms with Gasteiger partial charge in [0.2, 0.25) is 0 Å². The van der Waals surface area contributed by atoms with Crippen LogP contribution in [-0.2, 0) is 9.59 Å². The van der Waals surface area contributed by atoms with Crippen molar-refractivity contribution in [3.05, 3.63) is 30.3 Å². The van der Waals surface area contributed by atoms with E-state index in [1.54, 1.807) is 30.3 Å². The molecule has 1 aromatic carbocycles. The third-order valence-electron chi connectivity index (χ3n) is 3.21. The van der Waals surface area contributed by atoms with Crippen molar-refractivity contribution < 1.29 is 32.6 Å². The maximum Gasteiger partial charge on any atom is 0.391 e. The number of ether oxygens (including phenoxy) is 1. The SMILES string of the molecule is O=C(O)C(CC(F)(F)F)NC(=O)C1(Oc2ccccc2)CC1. The van der Waals surface area contributed by atoms with Gasteiger partial charge in [0.1, 0.15) is 11.8 Å². The number of carbonyl (C=O) groups excluding carboxylic acids is 1. The normalized spacial score (nSPS) is 17.4. The third-order valence-corrected chi connectivity index (χ3v) is 3.21. The van der Waals surface area contributed by atoms with E-state index in [9.17, 15) is 22.8 Å². The second kappa shape index (κ2) is 5.86. The van der Waals surface area contributed by atoms with Gasteiger partial charge in [-0.15, -0.1) is 0 Å². The number of hydrogen-bond donors (Lipinski definition) is 2. The molecule has 0 bridgehead atoms. The number of benzene rings is 1. The number of nitrogens with one attached hydrogen (secondary N) is 1. The lowest BCUT2D eigenvalue weighted by Crippen LogP contribution is -2.50. The lowest BCUT2D eigenvalue weighted by molar-refractivity contribution is -0.161. The Kier molecular flexibility index (Phi) is 4.30. The standard InChI is InChI=1S/C14H14F3NO4/c15-14(16,17)8-10(11(19)20)18-12(21)13(6-7-13)22-9-4-2-1-3-5-9/h1-5,10H,6-8H2,(H,18,21)(H,19,20). The average molecular weight is 317 g/mol. The molecule has 1 fully saturated rings. The summed E-state index contributed by atoms with van der Waals surface area (Å²) < 4.78 is 42.5. The number of hydrogen-bond acceptors (Lipinski definition) is 3. The van der Waals surface area contributed by atoms with Crippen LogP contribution in [0.3, 0.4) is 0 Å². The highest BCUT2D eigenvalue weighted by atomic mass is 19.4. The molecule has 1 aliphatic rings. The molecule has 2 rings (SSSR count). The van der Waals surface area contributed by atoms with E-state index in [0.29, 0.717) is 18.6 Å². The molecule has 1 amide bonds. The molecule has 1 atom stereocenters. The molecule has 2 N–H and O–H groups in total. The Hall–Kier alpha value is -2.25. The molecular weight excluding hydrogens is 303 g/mol. The van der Waals surface area contributed by atoms with Crippen molar-refractivity contribution >= 4 is 11.9 Å². The minimum Gasteiger partial charge on any atom is -0.480 e. The molecular formula is C14H14F3NO4. The summed E-state index contributed by atoms with van der Waals surface area (Å²) in [5, 5.41) is 10.7. The number of amides is 1. The Morgan fingerprint density at radius 3 is 2.32 bits per heavy atom. The molecule has 120 valence electrons. The zero-order valence-electron chi connectivity index (χ0n) is 11.4. The van der Waals surface area contributed by atoms with Crippen LogP contribution >= 0.6 is 0 Å². The number of carboxylic acids is 1. The van der Waals surface area contributed by atoms with Gasteiger partial charge in [-0.3, -0.25) is 4.79 Å². The summed E-state index contributed by atoms with van der Waals surface area (Å²) in [6.07, 6.45) is -5.67. The Morgan fingerprint density at radius 2 is 1.86 bits per heavy atom. The topological polar surface area (TPSA) is 75.6 Å². The molecule has 0 radical (unpaired) electrons. The predicted octanol–water partition coefficient (Wildman–Crippen LogP) is 2.12. The first-order chi connectivity index (χ1) is 10.2. The van der Waals surface area contributed by atoms with E-state index in [1.165, 1.54) is 0 Å². The van der Waals surface area contributed by atoms with E-state index < -0.39 is 36.1 Å². The fraction of sp³-hybridized carbons (Fsp3) is 0.429. The molecule has 1 unspecified atom stereocenters. The Bertz CT molecular complexity index is 555. The van der Waals surface area contributed by atoms with E-state index >= 15 is 0 Å². The number of alkyl halides is 3. The molecule has 22 heavy (non-hydrogen) atoms. The summed E-state index contributed by atoms with van der Waals surface area (Å²) in [5.74, 6) is -2.17. The van der Waals surface area contributed by atoms with Crippen molar-refractivity contribution in [2.24, 2.45) is 0 Å². The molecule has 1 aliphatic carbocycles. The molecule has 0 spiro atoms. The highest BCUT2D eigenvalue weighted by Crippen LogP contribution is 2.40. The van der Waals surface area contributed by atoms with Crippen LogP contribution in [0.5, 0.6) is 5.75 Å². The number of aliphatic carboxylic acids is 1. The van der Waals surface area contributed by atoms with Crippen molar-refractivity contribution in [1.29, 1.82) is 0 Å². The van der Waals surface area contributed by atoms with Gasteiger partial charge in [-0.1, -0.05) is 18.2 Å². The Morgan fingerprint density at radius 1 is 1.27 bits per heavy atom. The molecule has 5 nitrogen and oxygen atoms in total. The Labute approximate surface area is 124 Å². The van der Waals surface area contributed by atoms with Gasteiger partial charge in [0.15, 0.2) is 5.60 Å². The van der Waals surface area contributed by atoms with E-state index in [-0.39, 0.29) is 0 Å². The van der Waals surface area contributed by atoms with Crippen molar-refractivity contribution in [3.8, 4) is 5.75 Å². The van der Waals surface area contributed by atoms with E-state index in [0.717, 1.165) is 0 Å². The molecule has 0 heterocycles. The van der Waals surface area contributed by atoms with Gasteiger partial charge in [0, 0.05) is 12.8 Å². The van der Waals surface area contributed by atoms with Crippen LogP contribution in [0, 0.1) is 0 Å². The smallest absolute Gasteiger partial charge is 0.391 e. The molecule has 1 saturated carbocycles. The third kappa shape index (κ3) is 4.12. The summed E-state index contributed by atoms with van der Waals surface area (Å²) >= 11 is 0. The first-order valence-corrected chi connectivity index (χ1v) is 6.56. The van der Waals surface area contributed by atoms with Crippen LogP contribution in [0.1, 0.15) is 19.3 Å². The van der Waals surface area contributed by atoms with Gasteiger partial charge in [-0.25, -0.2) is 4.79 Å². The largest absolute Gasteiger partial charge is 0.480 e. The summed E-state index contributed by atoms with van der Waals surface area (Å²) in [6, 6.07) is 6.32. The zero-order valence-corrected chi connectivity index (χ0v) is 11.4. The fourth-order valence-electron chi connectivity index (χ4n) is 1.92. The van der Waals surface area contributed by atoms with Crippen LogP contribution in [0.4, 0.5) is 13.2 Å². The van der Waals surface area contributed by atoms with Gasteiger partial charge >= 0.3 is 12.1 Å². The fourth-order valence-corrected chi connectivity index (χ4v) is 1.92. The van der Waals surface area contributed by atoms with Gasteiger partial charge < -0.3 is 15.2 Å². The monoisotopic (exact) mass is 317 g/mol. The van der Waals surface area contributed by atoms with E-state index in [4.69, 9.17) is 9.84 Å². The molecule has 0 aliphatic heterocycles. The van der Waals surface area contributed by atoms with Gasteiger partial charge in [0.25, 0.3) is 5.91 Å². The first kappa shape index (κ1) is 16.1. The van der Waals surface area contributed by atoms with Crippen molar-refractivity contribution in [3.63, 3.8) is 0 Å². The van der Waals surface area contributed by atoms with Crippen LogP contribution in [-0.4, -0.2) is 34.8 Å². The van der Waals surface area contributed by atoms with Gasteiger partial charge in [-0.05, 0) is 12.1 Å². The number of carboxylic acid groups (broad SMARTS) is 1. The molecule has 8 heteroatoms. The number of rotatable bonds is 6. The average Bonchev–Trinajstić information content (AvgIpc) is 3.18. The predicted molar refractivity (Wildman–Crippen MR) is 69.3 cm³/mol. The second-order valence-corrected chi connectivity index (χ2v) is 5.09. The summed E-state index contributed by atoms with van der Waals surface area (Å²) in [7, 11) is 0. The first-order valence-electron chi connectivity index (χ1n) is 6.56. The zero-order chi connectivity index (χ0) is 16.4. The van der Waals surface area contributed by atoms with E-state index in [1.807, 2.05) is 5.32 Å². The highest BCUT2D eigenvalue weighted by molar-refractivity contribution is 5.91. The molecule has 0 saturated heterocycles. The van der Waals surface area contributed by atoms with Crippen LogP contribution < -0.4 is 10.1 Å². The van der Waals surface area contributed by atoms with Crippen molar-refractivity contribution in [2.45, 2.75) is 37.1 Å². The number of carbonyl (C=O) groups is 2. The maximum atomic E-state index is 12.3. The highest BCUT2D eigenvalue weighted by Gasteiger charge is 2.54. The van der Waals surface area contributed by atoms with Crippen molar-refractivity contribution in [2.75, 3.05) is 0 Å². The summed E-state index contributed by atoms with van der Waals surface area (Å²) in [5.41, 5.74) is -1.28. The minimum atomic E-state index is -4.69. The second-order valence-electron chi connectivity index (χ2n) is 5.09. The van der Waals surface area contributed by atoms with Crippen LogP contribution in [0.2, 0.25) is 0 Å². The Balaban J connectivity index is 2.02. The quantitative estimate of drug-likeness (QED) is 0.843. The van der Waals surface area contributed by atoms with Gasteiger partial charge in [-0.2, -0.15) is 13.2 Å². The van der Waals surface area contributed by atoms with Crippen molar-refractivity contribution in [1.82, 2.24) is 5.32 Å².